The van der Waals surface area contributed by atoms with Crippen LogP contribution in [0, 0.1) is 11.6 Å². The summed E-state index contributed by atoms with van der Waals surface area (Å²) in [6, 6.07) is 20.3. The summed E-state index contributed by atoms with van der Waals surface area (Å²) in [5.74, 6) is -1.33. The minimum absolute atomic E-state index is 0.0161. The predicted molar refractivity (Wildman–Crippen MR) is 204 cm³/mol. The Balaban J connectivity index is 0.919. The number of ether oxygens (including phenoxy) is 1. The number of fused-ring (bicyclic) bond motifs is 2. The lowest BCUT2D eigenvalue weighted by molar-refractivity contribution is -0.0317. The van der Waals surface area contributed by atoms with Crippen molar-refractivity contribution in [1.29, 1.82) is 0 Å². The summed E-state index contributed by atoms with van der Waals surface area (Å²) in [6.45, 7) is 4.58. The molecule has 3 aromatic carbocycles. The minimum Gasteiger partial charge on any atom is -0.490 e. The molecule has 14 nitrogen and oxygen atoms in total. The molecule has 0 bridgehead atoms. The number of nitrogens with zero attached hydrogens (tertiary/aromatic N) is 8. The average Bonchev–Trinajstić information content (AvgIpc) is 3.86. The van der Waals surface area contributed by atoms with Crippen molar-refractivity contribution >= 4 is 44.8 Å². The van der Waals surface area contributed by atoms with Crippen LogP contribution in [0.3, 0.4) is 0 Å². The van der Waals surface area contributed by atoms with E-state index in [0.29, 0.717) is 79.1 Å². The smallest absolute Gasteiger partial charge is 0.298 e. The van der Waals surface area contributed by atoms with Gasteiger partial charge < -0.3 is 25.8 Å². The summed E-state index contributed by atoms with van der Waals surface area (Å²) in [4.78, 5) is 42.3. The first-order valence-corrected chi connectivity index (χ1v) is 18.6. The SMILES string of the molecule is Nc1nc2sc(C(=O)NCCN3CCN(CC(O)(Cn4cncn4)c4ccc(F)cc4F)CC3)cc2n(-c2ccc3c(c2)N(c2ccccc2)CCO3)c1=O. The lowest BCUT2D eigenvalue weighted by atomic mass is 9.92. The number of rotatable bonds is 11. The van der Waals surface area contributed by atoms with Gasteiger partial charge >= 0.3 is 0 Å². The number of thiophene rings is 1. The highest BCUT2D eigenvalue weighted by Crippen LogP contribution is 2.38. The lowest BCUT2D eigenvalue weighted by Crippen LogP contribution is -2.53. The van der Waals surface area contributed by atoms with Crippen LogP contribution < -0.4 is 26.2 Å². The van der Waals surface area contributed by atoms with Gasteiger partial charge in [0.25, 0.3) is 11.5 Å². The molecule has 2 aliphatic rings. The van der Waals surface area contributed by atoms with Crippen molar-refractivity contribution in [3.8, 4) is 11.4 Å². The number of benzene rings is 3. The maximum atomic E-state index is 14.9. The van der Waals surface area contributed by atoms with Crippen LogP contribution in [0.25, 0.3) is 16.0 Å². The van der Waals surface area contributed by atoms with Crippen LogP contribution in [-0.4, -0.2) is 104 Å². The Hall–Kier alpha value is -5.75. The Morgan fingerprint density at radius 1 is 0.964 bits per heavy atom. The van der Waals surface area contributed by atoms with E-state index in [2.05, 4.69) is 30.2 Å². The van der Waals surface area contributed by atoms with E-state index in [4.69, 9.17) is 10.5 Å². The summed E-state index contributed by atoms with van der Waals surface area (Å²) in [5.41, 5.74) is 6.76. The van der Waals surface area contributed by atoms with Crippen molar-refractivity contribution in [2.45, 2.75) is 12.1 Å². The number of nitrogens with two attached hydrogens (primary N) is 1. The van der Waals surface area contributed by atoms with Gasteiger partial charge in [0.05, 0.1) is 34.9 Å². The molecule has 8 rings (SSSR count). The molecular formula is C38H38F2N10O4S. The molecule has 1 unspecified atom stereocenters. The molecule has 1 atom stereocenters. The molecule has 2 aliphatic heterocycles. The van der Waals surface area contributed by atoms with E-state index in [9.17, 15) is 23.5 Å². The first-order chi connectivity index (χ1) is 26.6. The molecule has 0 saturated carbocycles. The average molecular weight is 769 g/mol. The second-order valence-electron chi connectivity index (χ2n) is 13.5. The molecule has 1 fully saturated rings. The minimum atomic E-state index is -1.69. The number of hydrogen-bond acceptors (Lipinski definition) is 12. The van der Waals surface area contributed by atoms with Gasteiger partial charge in [-0.3, -0.25) is 24.0 Å². The van der Waals surface area contributed by atoms with Crippen molar-refractivity contribution in [3.05, 3.63) is 118 Å². The molecule has 1 saturated heterocycles. The zero-order valence-corrected chi connectivity index (χ0v) is 30.5. The van der Waals surface area contributed by atoms with E-state index in [1.54, 1.807) is 12.1 Å². The van der Waals surface area contributed by atoms with Crippen LogP contribution in [0.15, 0.2) is 90.2 Å². The molecule has 4 N–H and O–H groups in total. The van der Waals surface area contributed by atoms with E-state index < -0.39 is 22.8 Å². The van der Waals surface area contributed by atoms with Gasteiger partial charge in [-0.15, -0.1) is 11.3 Å². The summed E-state index contributed by atoms with van der Waals surface area (Å²) in [7, 11) is 0. The second-order valence-corrected chi connectivity index (χ2v) is 14.6. The zero-order valence-electron chi connectivity index (χ0n) is 29.6. The Kier molecular flexibility index (Phi) is 10.00. The number of carbonyl (C=O) groups excluding carboxylic acids is 1. The highest BCUT2D eigenvalue weighted by Gasteiger charge is 2.36. The van der Waals surface area contributed by atoms with Crippen LogP contribution >= 0.6 is 11.3 Å². The normalized spacial score (nSPS) is 16.1. The molecule has 5 heterocycles. The van der Waals surface area contributed by atoms with E-state index in [0.717, 1.165) is 34.8 Å². The molecule has 0 aliphatic carbocycles. The predicted octanol–water partition coefficient (Wildman–Crippen LogP) is 3.37. The molecule has 0 spiro atoms. The van der Waals surface area contributed by atoms with Gasteiger partial charge in [0.15, 0.2) is 5.82 Å². The van der Waals surface area contributed by atoms with Crippen LogP contribution in [0.2, 0.25) is 0 Å². The fraction of sp³-hybridized carbons (Fsp3) is 0.289. The molecule has 17 heteroatoms. The van der Waals surface area contributed by atoms with Gasteiger partial charge in [-0.1, -0.05) is 24.3 Å². The second kappa shape index (κ2) is 15.2. The number of halogens is 2. The number of nitrogen functional groups attached to an aromatic ring is 1. The zero-order chi connectivity index (χ0) is 38.1. The first-order valence-electron chi connectivity index (χ1n) is 17.8. The summed E-state index contributed by atoms with van der Waals surface area (Å²) in [5, 5.41) is 18.8. The highest BCUT2D eigenvalue weighted by molar-refractivity contribution is 7.20. The Morgan fingerprint density at radius 3 is 2.53 bits per heavy atom. The quantitative estimate of drug-likeness (QED) is 0.178. The number of aromatic nitrogens is 5. The van der Waals surface area contributed by atoms with E-state index >= 15 is 0 Å². The summed E-state index contributed by atoms with van der Waals surface area (Å²) in [6.07, 6.45) is 2.77. The van der Waals surface area contributed by atoms with Gasteiger partial charge in [-0.05, 0) is 42.5 Å². The summed E-state index contributed by atoms with van der Waals surface area (Å²) >= 11 is 1.16. The van der Waals surface area contributed by atoms with Gasteiger partial charge in [0.1, 0.15) is 47.1 Å². The third kappa shape index (κ3) is 7.51. The van der Waals surface area contributed by atoms with Crippen LogP contribution in [0.4, 0.5) is 26.0 Å². The van der Waals surface area contributed by atoms with Crippen molar-refractivity contribution in [1.82, 2.24) is 39.4 Å². The van der Waals surface area contributed by atoms with Gasteiger partial charge in [0, 0.05) is 63.1 Å². The van der Waals surface area contributed by atoms with Crippen molar-refractivity contribution in [3.63, 3.8) is 0 Å². The number of nitrogens with one attached hydrogen (secondary N) is 1. The molecule has 55 heavy (non-hydrogen) atoms. The summed E-state index contributed by atoms with van der Waals surface area (Å²) < 4.78 is 37.4. The molecule has 6 aromatic rings. The number of amides is 1. The first kappa shape index (κ1) is 36.2. The number of para-hydroxylation sites is 1. The van der Waals surface area contributed by atoms with E-state index in [1.807, 2.05) is 47.4 Å². The highest BCUT2D eigenvalue weighted by atomic mass is 32.1. The molecule has 0 radical (unpaired) electrons. The number of carbonyl (C=O) groups is 1. The van der Waals surface area contributed by atoms with Crippen molar-refractivity contribution < 1.29 is 23.4 Å². The van der Waals surface area contributed by atoms with Crippen LogP contribution in [0.1, 0.15) is 15.2 Å². The van der Waals surface area contributed by atoms with E-state index in [-0.39, 0.29) is 30.4 Å². The molecule has 3 aromatic heterocycles. The Morgan fingerprint density at radius 2 is 1.76 bits per heavy atom. The maximum Gasteiger partial charge on any atom is 0.298 e. The van der Waals surface area contributed by atoms with E-state index in [1.165, 1.54) is 28.0 Å². The van der Waals surface area contributed by atoms with Gasteiger partial charge in [-0.25, -0.2) is 23.4 Å². The molecule has 284 valence electrons. The number of hydrogen-bond donors (Lipinski definition) is 3. The molecule has 1 amide bonds. The van der Waals surface area contributed by atoms with Crippen molar-refractivity contribution in [2.75, 3.05) is 69.6 Å². The number of anilines is 3. The van der Waals surface area contributed by atoms with Gasteiger partial charge in [-0.2, -0.15) is 5.10 Å². The monoisotopic (exact) mass is 768 g/mol. The number of β-amino-alcohol motifs (C(OH)–C–C–N with tert-alkyl or cyclic N) is 1. The number of aliphatic hydroxyl groups is 1. The fourth-order valence-electron chi connectivity index (χ4n) is 7.21. The third-order valence-corrected chi connectivity index (χ3v) is 10.9. The maximum absolute atomic E-state index is 14.9. The van der Waals surface area contributed by atoms with Crippen LogP contribution in [-0.2, 0) is 12.1 Å². The standard InChI is InChI=1S/C38H38F2N10O4S/c39-25-6-8-28(29(40)18-25)38(53,22-48-24-42-23-44-48)21-47-14-12-46(13-15-47)11-10-43-35(51)33-20-31-36(55-33)45-34(41)37(52)50(31)27-7-9-32-30(19-27)49(16-17-54-32)26-4-2-1-3-5-26/h1-9,18-20,23-24,53H,10-17,21-22H2,(H2,41,45)(H,43,51). The largest absolute Gasteiger partial charge is 0.490 e. The van der Waals surface area contributed by atoms with Gasteiger partial charge in [0.2, 0.25) is 0 Å². The Labute approximate surface area is 318 Å². The Bertz CT molecular complexity index is 2380. The topological polar surface area (TPSA) is 160 Å². The van der Waals surface area contributed by atoms with Crippen LogP contribution in [0.5, 0.6) is 5.75 Å². The lowest BCUT2D eigenvalue weighted by Gasteiger charge is -2.39. The fourth-order valence-corrected chi connectivity index (χ4v) is 8.15. The molecular weight excluding hydrogens is 731 g/mol. The third-order valence-electron chi connectivity index (χ3n) is 9.92. The van der Waals surface area contributed by atoms with Crippen molar-refractivity contribution in [2.24, 2.45) is 0 Å². The number of piperazine rings is 1.